The predicted octanol–water partition coefficient (Wildman–Crippen LogP) is 7.44. The molecule has 1 aliphatic heterocycles. The summed E-state index contributed by atoms with van der Waals surface area (Å²) in [6.07, 6.45) is 17.2. The molecule has 5 fully saturated rings. The quantitative estimate of drug-likeness (QED) is 0.0104. The SMILES string of the molecule is C[C@]12C=CC(=O)C=C1CCC1C2C(O)C[C@@]2(C)C1C[C@@H]1O[C@@H](C3CCCCC3)O[C@]12C(=O)COC(=O)C(CCCN=C(N)N)[N+](C)(C)Cc1cc(C(O)CNCCCCCCOCCCCc2ccccc2)ccc1OP(=O)(O)O. The Balaban J connectivity index is 0.928. The number of unbranched alkanes of at least 4 members (excludes halogenated alkanes) is 4. The summed E-state index contributed by atoms with van der Waals surface area (Å²) < 4.78 is 43.5. The zero-order valence-electron chi connectivity index (χ0n) is 47.7. The van der Waals surface area contributed by atoms with Gasteiger partial charge in [0.05, 0.1) is 32.4 Å². The number of allylic oxidation sites excluding steroid dienone is 4. The Morgan fingerprint density at radius 1 is 0.963 bits per heavy atom. The van der Waals surface area contributed by atoms with Gasteiger partial charge in [0.25, 0.3) is 0 Å². The van der Waals surface area contributed by atoms with Crippen molar-refractivity contribution in [3.63, 3.8) is 0 Å². The summed E-state index contributed by atoms with van der Waals surface area (Å²) in [7, 11) is -1.50. The van der Waals surface area contributed by atoms with Crippen molar-refractivity contribution >= 4 is 31.3 Å². The van der Waals surface area contributed by atoms with Crippen LogP contribution in [0.3, 0.4) is 0 Å². The summed E-state index contributed by atoms with van der Waals surface area (Å²) in [5.74, 6) is -1.54. The van der Waals surface area contributed by atoms with Gasteiger partial charge in [0.1, 0.15) is 12.3 Å². The number of esters is 1. The number of aliphatic hydroxyl groups excluding tert-OH is 2. The third-order valence-electron chi connectivity index (χ3n) is 18.9. The number of hydrogen-bond acceptors (Lipinski definition) is 13. The number of ketones is 2. The van der Waals surface area contributed by atoms with Crippen molar-refractivity contribution < 1.29 is 66.9 Å². The molecule has 2 aromatic rings. The number of phosphoric ester groups is 1. The molecule has 0 aromatic heterocycles. The molecule has 6 aliphatic rings. The second-order valence-corrected chi connectivity index (χ2v) is 25.9. The summed E-state index contributed by atoms with van der Waals surface area (Å²) in [6.45, 7) is 6.15. The van der Waals surface area contributed by atoms with Crippen molar-refractivity contribution in [2.75, 3.05) is 53.6 Å². The minimum absolute atomic E-state index is 0.00201. The zero-order chi connectivity index (χ0) is 57.3. The van der Waals surface area contributed by atoms with E-state index in [1.807, 2.05) is 12.1 Å². The Hall–Kier alpha value is -4.33. The van der Waals surface area contributed by atoms with Gasteiger partial charge in [0.2, 0.25) is 5.78 Å². The Morgan fingerprint density at radius 3 is 2.44 bits per heavy atom. The van der Waals surface area contributed by atoms with Crippen molar-refractivity contribution in [3.8, 4) is 5.75 Å². The zero-order valence-corrected chi connectivity index (χ0v) is 48.6. The maximum Gasteiger partial charge on any atom is 0.524 e. The molecule has 4 saturated carbocycles. The molecular weight excluding hydrogens is 1040 g/mol. The van der Waals surface area contributed by atoms with E-state index < -0.39 is 73.3 Å². The number of nitrogens with zero attached hydrogens (tertiary/aromatic N) is 2. The lowest BCUT2D eigenvalue weighted by molar-refractivity contribution is -0.920. The Labute approximate surface area is 473 Å². The molecule has 0 spiro atoms. The Kier molecular flexibility index (Phi) is 20.8. The van der Waals surface area contributed by atoms with Crippen LogP contribution in [0.2, 0.25) is 0 Å². The maximum absolute atomic E-state index is 15.5. The number of carbonyl (C=O) groups is 3. The molecule has 11 atom stereocenters. The highest BCUT2D eigenvalue weighted by Gasteiger charge is 2.76. The molecule has 18 nitrogen and oxygen atoms in total. The van der Waals surface area contributed by atoms with Crippen LogP contribution in [0.1, 0.15) is 146 Å². The number of nitrogens with one attached hydrogen (secondary N) is 1. The van der Waals surface area contributed by atoms with E-state index in [2.05, 4.69) is 48.4 Å². The Bertz CT molecular complexity index is 2580. The number of ether oxygens (including phenoxy) is 4. The van der Waals surface area contributed by atoms with E-state index in [4.69, 9.17) is 34.9 Å². The Morgan fingerprint density at radius 2 is 1.70 bits per heavy atom. The number of aliphatic hydroxyl groups is 2. The average Bonchev–Trinajstić information content (AvgIpc) is 3.11. The van der Waals surface area contributed by atoms with Gasteiger partial charge >= 0.3 is 13.8 Å². The number of aliphatic imine (C=N–C) groups is 1. The van der Waals surface area contributed by atoms with Gasteiger partial charge in [-0.1, -0.05) is 94.0 Å². The van der Waals surface area contributed by atoms with E-state index in [1.165, 1.54) is 11.6 Å². The fourth-order valence-corrected chi connectivity index (χ4v) is 15.4. The fraction of sp³-hybridized carbons (Fsp3) is 0.672. The molecule has 0 bridgehead atoms. The molecule has 0 amide bonds. The van der Waals surface area contributed by atoms with Gasteiger partial charge in [-0.2, -0.15) is 0 Å². The van der Waals surface area contributed by atoms with Gasteiger partial charge < -0.3 is 55.0 Å². The first-order valence-electron chi connectivity index (χ1n) is 29.6. The summed E-state index contributed by atoms with van der Waals surface area (Å²) in [6, 6.07) is 14.1. The van der Waals surface area contributed by atoms with Crippen LogP contribution in [-0.4, -0.2) is 132 Å². The van der Waals surface area contributed by atoms with E-state index in [0.717, 1.165) is 102 Å². The number of phosphoric acid groups is 1. The molecule has 19 heteroatoms. The van der Waals surface area contributed by atoms with Gasteiger partial charge in [-0.15, -0.1) is 0 Å². The highest BCUT2D eigenvalue weighted by Crippen LogP contribution is 2.70. The minimum Gasteiger partial charge on any atom is -0.453 e. The summed E-state index contributed by atoms with van der Waals surface area (Å²) >= 11 is 0. The lowest BCUT2D eigenvalue weighted by atomic mass is 9.46. The van der Waals surface area contributed by atoms with Gasteiger partial charge in [0, 0.05) is 61.0 Å². The highest BCUT2D eigenvalue weighted by atomic mass is 31.2. The van der Waals surface area contributed by atoms with E-state index in [-0.39, 0.29) is 78.1 Å². The first-order chi connectivity index (χ1) is 38.1. The molecule has 5 aliphatic carbocycles. The number of rotatable bonds is 29. The average molecular weight is 1130 g/mol. The molecule has 1 saturated heterocycles. The minimum atomic E-state index is -5.06. The van der Waals surface area contributed by atoms with Crippen LogP contribution in [0.25, 0.3) is 0 Å². The lowest BCUT2D eigenvalue weighted by Gasteiger charge is -2.59. The van der Waals surface area contributed by atoms with Crippen molar-refractivity contribution in [1.29, 1.82) is 0 Å². The number of quaternary nitrogens is 1. The lowest BCUT2D eigenvalue weighted by Crippen LogP contribution is -2.64. The highest BCUT2D eigenvalue weighted by molar-refractivity contribution is 7.46. The molecule has 2 aromatic carbocycles. The van der Waals surface area contributed by atoms with Crippen molar-refractivity contribution in [3.05, 3.63) is 89.0 Å². The molecule has 80 heavy (non-hydrogen) atoms. The molecule has 1 heterocycles. The van der Waals surface area contributed by atoms with Crippen LogP contribution in [-0.2, 0) is 50.9 Å². The largest absolute Gasteiger partial charge is 0.524 e. The molecule has 8 rings (SSSR count). The predicted molar refractivity (Wildman–Crippen MR) is 304 cm³/mol. The number of likely N-dealkylation sites (N-methyl/N-ethyl adjacent to an activating group) is 1. The fourth-order valence-electron chi connectivity index (χ4n) is 14.9. The smallest absolute Gasteiger partial charge is 0.453 e. The van der Waals surface area contributed by atoms with Gasteiger partial charge in [-0.3, -0.25) is 24.4 Å². The second-order valence-electron chi connectivity index (χ2n) is 24.8. The number of benzene rings is 2. The standard InChI is InChI=1S/C61H90N5O13P/c1-59-29-28-46(67)35-45(59)25-26-47-48-36-54-61(60(48,2)37-50(68)55(47)59,78-57(77-54)42-21-11-8-12-22-42)53(70)40-76-56(71)49(23-17-31-65-58(62)63)66(3,4)39-44-34-43(24-27-52(44)79-80(72,73)74)51(69)38-64-30-14-5-6-15-32-75-33-16-13-20-41-18-9-7-10-19-41/h7,9-10,18-19,24,27-29,34-35,42,47-51,54-55,57,64,68-69H,5-6,8,11-17,20-23,25-26,30-33,36-40H2,1-4H3,(H5-,62,63,65,72,73,74)/p+1/t47?,48?,49?,50?,51?,54-,55?,57+,59-,60-,61+/m0/s1. The molecule has 442 valence electrons. The van der Waals surface area contributed by atoms with Gasteiger partial charge in [-0.25, -0.2) is 9.36 Å². The normalized spacial score (nSPS) is 29.1. The maximum atomic E-state index is 15.5. The van der Waals surface area contributed by atoms with Crippen LogP contribution in [0.4, 0.5) is 0 Å². The van der Waals surface area contributed by atoms with Gasteiger partial charge in [-0.05, 0) is 131 Å². The van der Waals surface area contributed by atoms with E-state index in [1.54, 1.807) is 38.4 Å². The first-order valence-corrected chi connectivity index (χ1v) is 31.1. The van der Waals surface area contributed by atoms with Crippen molar-refractivity contribution in [2.24, 2.45) is 51.0 Å². The number of Topliss-reactive ketones (excluding diaryl/α,β-unsaturated/α-hetero) is 1. The molecule has 6 unspecified atom stereocenters. The summed E-state index contributed by atoms with van der Waals surface area (Å²) in [5.41, 5.74) is 11.6. The van der Waals surface area contributed by atoms with E-state index in [0.29, 0.717) is 36.9 Å². The number of aryl methyl sites for hydroxylation is 1. The monoisotopic (exact) mass is 1130 g/mol. The van der Waals surface area contributed by atoms with Gasteiger partial charge in [0.15, 0.2) is 36.3 Å². The molecule has 0 radical (unpaired) electrons. The van der Waals surface area contributed by atoms with Crippen molar-refractivity contribution in [1.82, 2.24) is 5.32 Å². The number of fused-ring (bicyclic) bond motifs is 7. The molecule has 9 N–H and O–H groups in total. The number of nitrogens with two attached hydrogens (primary N) is 2. The van der Waals surface area contributed by atoms with Crippen LogP contribution >= 0.6 is 7.82 Å². The third kappa shape index (κ3) is 14.3. The van der Waals surface area contributed by atoms with E-state index >= 15 is 4.79 Å². The topological polar surface area (TPSA) is 272 Å². The number of hydrogen-bond donors (Lipinski definition) is 7. The van der Waals surface area contributed by atoms with Crippen molar-refractivity contribution in [2.45, 2.75) is 172 Å². The van der Waals surface area contributed by atoms with Crippen LogP contribution in [0.15, 0.2) is 77.3 Å². The van der Waals surface area contributed by atoms with E-state index in [9.17, 15) is 34.2 Å². The van der Waals surface area contributed by atoms with Crippen LogP contribution < -0.4 is 21.3 Å². The van der Waals surface area contributed by atoms with Crippen LogP contribution in [0.5, 0.6) is 5.75 Å². The molecular formula is C61H91N5O13P+. The summed E-state index contributed by atoms with van der Waals surface area (Å²) in [4.78, 5) is 66.9. The number of carbonyl (C=O) groups excluding carboxylic acids is 3. The van der Waals surface area contributed by atoms with Crippen LogP contribution in [0, 0.1) is 34.5 Å². The number of guanidine groups is 1. The first kappa shape index (κ1) is 61.7. The third-order valence-corrected chi connectivity index (χ3v) is 19.4. The second kappa shape index (κ2) is 26.9. The summed E-state index contributed by atoms with van der Waals surface area (Å²) in [5, 5.41) is 27.1.